The van der Waals surface area contributed by atoms with Crippen LogP contribution >= 0.6 is 0 Å². The lowest BCUT2D eigenvalue weighted by Gasteiger charge is -2.17. The molecule has 0 aliphatic rings. The molecule has 1 heterocycles. The SMILES string of the molecule is Cc1nnc(NCC(C)(C)O)nc1C. The molecule has 1 aromatic heterocycles. The number of aryl methyl sites for hydroxylation is 2. The summed E-state index contributed by atoms with van der Waals surface area (Å²) in [7, 11) is 0. The summed E-state index contributed by atoms with van der Waals surface area (Å²) in [6.45, 7) is 7.56. The van der Waals surface area contributed by atoms with Crippen LogP contribution in [0.5, 0.6) is 0 Å². The Balaban J connectivity index is 2.65. The maximum atomic E-state index is 9.46. The van der Waals surface area contributed by atoms with E-state index < -0.39 is 5.60 Å². The molecule has 5 nitrogen and oxygen atoms in total. The molecule has 0 atom stereocenters. The van der Waals surface area contributed by atoms with Gasteiger partial charge in [-0.3, -0.25) is 0 Å². The molecule has 1 rings (SSSR count). The van der Waals surface area contributed by atoms with Gasteiger partial charge in [0.05, 0.1) is 17.0 Å². The molecular weight excluding hydrogens is 180 g/mol. The Hall–Kier alpha value is -1.23. The number of aliphatic hydroxyl groups is 1. The van der Waals surface area contributed by atoms with Gasteiger partial charge in [-0.25, -0.2) is 4.98 Å². The lowest BCUT2D eigenvalue weighted by Crippen LogP contribution is -2.30. The average molecular weight is 196 g/mol. The first kappa shape index (κ1) is 10.8. The van der Waals surface area contributed by atoms with Crippen molar-refractivity contribution in [3.05, 3.63) is 11.4 Å². The predicted octanol–water partition coefficient (Wildman–Crippen LogP) is 0.671. The highest BCUT2D eigenvalue weighted by atomic mass is 16.3. The van der Waals surface area contributed by atoms with Gasteiger partial charge >= 0.3 is 0 Å². The first-order chi connectivity index (χ1) is 6.38. The molecule has 0 saturated heterocycles. The molecule has 2 N–H and O–H groups in total. The highest BCUT2D eigenvalue weighted by Crippen LogP contribution is 2.05. The third-order valence-corrected chi connectivity index (χ3v) is 1.77. The Labute approximate surface area is 83.6 Å². The third-order valence-electron chi connectivity index (χ3n) is 1.77. The highest BCUT2D eigenvalue weighted by Gasteiger charge is 2.12. The molecule has 78 valence electrons. The van der Waals surface area contributed by atoms with Crippen molar-refractivity contribution in [3.8, 4) is 0 Å². The topological polar surface area (TPSA) is 70.9 Å². The summed E-state index contributed by atoms with van der Waals surface area (Å²) in [5, 5.41) is 20.2. The molecule has 0 unspecified atom stereocenters. The Bertz CT molecular complexity index is 319. The van der Waals surface area contributed by atoms with Gasteiger partial charge in [-0.15, -0.1) is 5.10 Å². The van der Waals surface area contributed by atoms with Crippen LogP contribution in [0.4, 0.5) is 5.95 Å². The fraction of sp³-hybridized carbons (Fsp3) is 0.667. The van der Waals surface area contributed by atoms with Crippen molar-refractivity contribution in [2.75, 3.05) is 11.9 Å². The third kappa shape index (κ3) is 3.26. The van der Waals surface area contributed by atoms with E-state index >= 15 is 0 Å². The van der Waals surface area contributed by atoms with Crippen molar-refractivity contribution < 1.29 is 5.11 Å². The lowest BCUT2D eigenvalue weighted by molar-refractivity contribution is 0.0943. The van der Waals surface area contributed by atoms with E-state index in [1.54, 1.807) is 13.8 Å². The van der Waals surface area contributed by atoms with Crippen LogP contribution in [0.15, 0.2) is 0 Å². The standard InChI is InChI=1S/C9H16N4O/c1-6-7(2)12-13-8(11-6)10-5-9(3,4)14/h14H,5H2,1-4H3,(H,10,11,13). The summed E-state index contributed by atoms with van der Waals surface area (Å²) in [5.74, 6) is 0.454. The quantitative estimate of drug-likeness (QED) is 0.743. The minimum Gasteiger partial charge on any atom is -0.389 e. The van der Waals surface area contributed by atoms with Crippen molar-refractivity contribution in [1.82, 2.24) is 15.2 Å². The number of rotatable bonds is 3. The number of hydrogen-bond donors (Lipinski definition) is 2. The summed E-state index contributed by atoms with van der Waals surface area (Å²) < 4.78 is 0. The van der Waals surface area contributed by atoms with Crippen LogP contribution in [0, 0.1) is 13.8 Å². The number of nitrogens with zero attached hydrogens (tertiary/aromatic N) is 3. The van der Waals surface area contributed by atoms with Crippen LogP contribution in [0.2, 0.25) is 0 Å². The minimum absolute atomic E-state index is 0.400. The van der Waals surface area contributed by atoms with E-state index in [0.717, 1.165) is 11.4 Å². The fourth-order valence-corrected chi connectivity index (χ4v) is 0.827. The van der Waals surface area contributed by atoms with Gasteiger partial charge in [-0.1, -0.05) is 0 Å². The molecule has 0 aromatic carbocycles. The van der Waals surface area contributed by atoms with Gasteiger partial charge in [0, 0.05) is 6.54 Å². The summed E-state index contributed by atoms with van der Waals surface area (Å²) in [5.41, 5.74) is 0.888. The molecule has 0 saturated carbocycles. The van der Waals surface area contributed by atoms with Crippen LogP contribution in [0.1, 0.15) is 25.2 Å². The number of anilines is 1. The summed E-state index contributed by atoms with van der Waals surface area (Å²) in [6.07, 6.45) is 0. The number of hydrogen-bond acceptors (Lipinski definition) is 5. The van der Waals surface area contributed by atoms with Crippen LogP contribution < -0.4 is 5.32 Å². The molecule has 0 bridgehead atoms. The fourth-order valence-electron chi connectivity index (χ4n) is 0.827. The lowest BCUT2D eigenvalue weighted by atomic mass is 10.1. The van der Waals surface area contributed by atoms with Crippen molar-refractivity contribution >= 4 is 5.95 Å². The molecular formula is C9H16N4O. The second-order valence-corrected chi connectivity index (χ2v) is 3.97. The minimum atomic E-state index is -0.776. The Morgan fingerprint density at radius 3 is 2.36 bits per heavy atom. The van der Waals surface area contributed by atoms with Gasteiger partial charge in [0.2, 0.25) is 5.95 Å². The van der Waals surface area contributed by atoms with Gasteiger partial charge < -0.3 is 10.4 Å². The van der Waals surface area contributed by atoms with E-state index in [0.29, 0.717) is 12.5 Å². The van der Waals surface area contributed by atoms with E-state index in [9.17, 15) is 5.11 Å². The maximum Gasteiger partial charge on any atom is 0.243 e. The Morgan fingerprint density at radius 2 is 1.86 bits per heavy atom. The van der Waals surface area contributed by atoms with Crippen LogP contribution in [0.25, 0.3) is 0 Å². The molecule has 0 aliphatic heterocycles. The molecule has 0 amide bonds. The van der Waals surface area contributed by atoms with Crippen LogP contribution in [-0.2, 0) is 0 Å². The molecule has 5 heteroatoms. The van der Waals surface area contributed by atoms with E-state index in [2.05, 4.69) is 20.5 Å². The number of nitrogens with one attached hydrogen (secondary N) is 1. The van der Waals surface area contributed by atoms with Crippen molar-refractivity contribution in [1.29, 1.82) is 0 Å². The second kappa shape index (κ2) is 3.88. The molecule has 0 radical (unpaired) electrons. The zero-order valence-corrected chi connectivity index (χ0v) is 9.00. The normalized spacial score (nSPS) is 11.5. The monoisotopic (exact) mass is 196 g/mol. The largest absolute Gasteiger partial charge is 0.389 e. The summed E-state index contributed by atoms with van der Waals surface area (Å²) in [6, 6.07) is 0. The zero-order valence-electron chi connectivity index (χ0n) is 9.00. The van der Waals surface area contributed by atoms with Gasteiger partial charge in [-0.05, 0) is 27.7 Å². The van der Waals surface area contributed by atoms with Gasteiger partial charge in [-0.2, -0.15) is 5.10 Å². The zero-order chi connectivity index (χ0) is 10.8. The van der Waals surface area contributed by atoms with Gasteiger partial charge in [0.25, 0.3) is 0 Å². The highest BCUT2D eigenvalue weighted by molar-refractivity contribution is 5.25. The summed E-state index contributed by atoms with van der Waals surface area (Å²) in [4.78, 5) is 4.18. The maximum absolute atomic E-state index is 9.46. The van der Waals surface area contributed by atoms with Crippen molar-refractivity contribution in [3.63, 3.8) is 0 Å². The van der Waals surface area contributed by atoms with Crippen LogP contribution in [0.3, 0.4) is 0 Å². The first-order valence-electron chi connectivity index (χ1n) is 4.53. The van der Waals surface area contributed by atoms with E-state index in [1.165, 1.54) is 0 Å². The molecule has 0 spiro atoms. The van der Waals surface area contributed by atoms with E-state index in [-0.39, 0.29) is 0 Å². The molecule has 1 aromatic rings. The Kier molecular flexibility index (Phi) is 3.00. The Morgan fingerprint density at radius 1 is 1.21 bits per heavy atom. The first-order valence-corrected chi connectivity index (χ1v) is 4.53. The van der Waals surface area contributed by atoms with Gasteiger partial charge in [0.1, 0.15) is 0 Å². The predicted molar refractivity (Wildman–Crippen MR) is 54.1 cm³/mol. The number of aromatic nitrogens is 3. The van der Waals surface area contributed by atoms with Gasteiger partial charge in [0.15, 0.2) is 0 Å². The van der Waals surface area contributed by atoms with Crippen LogP contribution in [-0.4, -0.2) is 32.4 Å². The second-order valence-electron chi connectivity index (χ2n) is 3.97. The summed E-state index contributed by atoms with van der Waals surface area (Å²) >= 11 is 0. The van der Waals surface area contributed by atoms with Crippen molar-refractivity contribution in [2.45, 2.75) is 33.3 Å². The molecule has 0 fully saturated rings. The molecule has 0 aliphatic carbocycles. The van der Waals surface area contributed by atoms with E-state index in [1.807, 2.05) is 13.8 Å². The van der Waals surface area contributed by atoms with Crippen molar-refractivity contribution in [2.24, 2.45) is 0 Å². The van der Waals surface area contributed by atoms with E-state index in [4.69, 9.17) is 0 Å². The smallest absolute Gasteiger partial charge is 0.243 e. The molecule has 14 heavy (non-hydrogen) atoms. The average Bonchev–Trinajstić information content (AvgIpc) is 2.06.